The lowest BCUT2D eigenvalue weighted by atomic mass is 9.99. The summed E-state index contributed by atoms with van der Waals surface area (Å²) in [5, 5.41) is 9.45. The van der Waals surface area contributed by atoms with Crippen LogP contribution in [0.3, 0.4) is 0 Å². The molecule has 1 aliphatic heterocycles. The summed E-state index contributed by atoms with van der Waals surface area (Å²) in [6.07, 6.45) is 1.02. The van der Waals surface area contributed by atoms with E-state index in [0.29, 0.717) is 5.92 Å². The zero-order valence-corrected chi connectivity index (χ0v) is 9.65. The first kappa shape index (κ1) is 11.4. The van der Waals surface area contributed by atoms with Crippen LogP contribution in [0.4, 0.5) is 0 Å². The van der Waals surface area contributed by atoms with E-state index in [0.717, 1.165) is 24.5 Å². The van der Waals surface area contributed by atoms with E-state index in [1.54, 1.807) is 0 Å². The SMILES string of the molecule is O=C(O)CN1CCC(c2ccc(Cl)cc2)C1. The molecule has 16 heavy (non-hydrogen) atoms. The zero-order valence-electron chi connectivity index (χ0n) is 8.90. The van der Waals surface area contributed by atoms with Crippen molar-refractivity contribution >= 4 is 17.6 Å². The topological polar surface area (TPSA) is 40.5 Å². The van der Waals surface area contributed by atoms with Crippen molar-refractivity contribution in [2.45, 2.75) is 12.3 Å². The number of carbonyl (C=O) groups is 1. The van der Waals surface area contributed by atoms with Crippen LogP contribution in [0, 0.1) is 0 Å². The van der Waals surface area contributed by atoms with Crippen LogP contribution in [0.2, 0.25) is 5.02 Å². The summed E-state index contributed by atoms with van der Waals surface area (Å²) in [5.74, 6) is -0.312. The molecular weight excluding hydrogens is 226 g/mol. The maximum absolute atomic E-state index is 10.6. The summed E-state index contributed by atoms with van der Waals surface area (Å²) in [7, 11) is 0. The van der Waals surface area contributed by atoms with Gasteiger partial charge in [-0.15, -0.1) is 0 Å². The Kier molecular flexibility index (Phi) is 3.46. The molecule has 1 aromatic rings. The fourth-order valence-electron chi connectivity index (χ4n) is 2.17. The third kappa shape index (κ3) is 2.74. The number of carboxylic acids is 1. The molecule has 1 N–H and O–H groups in total. The van der Waals surface area contributed by atoms with Gasteiger partial charge in [0.1, 0.15) is 0 Å². The molecule has 1 fully saturated rings. The highest BCUT2D eigenvalue weighted by Crippen LogP contribution is 2.27. The molecule has 1 unspecified atom stereocenters. The van der Waals surface area contributed by atoms with Gasteiger partial charge in [0.25, 0.3) is 0 Å². The van der Waals surface area contributed by atoms with Crippen LogP contribution < -0.4 is 0 Å². The van der Waals surface area contributed by atoms with Crippen molar-refractivity contribution in [1.29, 1.82) is 0 Å². The van der Waals surface area contributed by atoms with Crippen molar-refractivity contribution in [3.63, 3.8) is 0 Å². The summed E-state index contributed by atoms with van der Waals surface area (Å²) < 4.78 is 0. The molecule has 2 rings (SSSR count). The fourth-order valence-corrected chi connectivity index (χ4v) is 2.30. The van der Waals surface area contributed by atoms with Gasteiger partial charge in [0.05, 0.1) is 6.54 Å². The van der Waals surface area contributed by atoms with Gasteiger partial charge in [-0.2, -0.15) is 0 Å². The van der Waals surface area contributed by atoms with Crippen LogP contribution in [0.15, 0.2) is 24.3 Å². The van der Waals surface area contributed by atoms with Gasteiger partial charge in [-0.3, -0.25) is 9.69 Å². The van der Waals surface area contributed by atoms with E-state index in [-0.39, 0.29) is 6.54 Å². The molecule has 0 amide bonds. The van der Waals surface area contributed by atoms with Crippen molar-refractivity contribution in [3.05, 3.63) is 34.9 Å². The van der Waals surface area contributed by atoms with Gasteiger partial charge in [0, 0.05) is 11.6 Å². The molecule has 3 nitrogen and oxygen atoms in total. The van der Waals surface area contributed by atoms with Gasteiger partial charge in [0.2, 0.25) is 0 Å². The molecule has 0 aliphatic carbocycles. The van der Waals surface area contributed by atoms with Gasteiger partial charge >= 0.3 is 5.97 Å². The lowest BCUT2D eigenvalue weighted by Crippen LogP contribution is -2.27. The van der Waals surface area contributed by atoms with E-state index in [1.165, 1.54) is 5.56 Å². The number of carboxylic acid groups (broad SMARTS) is 1. The zero-order chi connectivity index (χ0) is 11.5. The fraction of sp³-hybridized carbons (Fsp3) is 0.417. The first-order valence-corrected chi connectivity index (χ1v) is 5.72. The van der Waals surface area contributed by atoms with E-state index in [2.05, 4.69) is 0 Å². The quantitative estimate of drug-likeness (QED) is 0.879. The number of likely N-dealkylation sites (tertiary alicyclic amines) is 1. The lowest BCUT2D eigenvalue weighted by molar-refractivity contribution is -0.138. The first-order valence-electron chi connectivity index (χ1n) is 5.35. The summed E-state index contributed by atoms with van der Waals surface area (Å²) in [5.41, 5.74) is 1.25. The Morgan fingerprint density at radius 1 is 1.44 bits per heavy atom. The summed E-state index contributed by atoms with van der Waals surface area (Å²) >= 11 is 5.83. The number of aliphatic carboxylic acids is 1. The molecular formula is C12H14ClNO2. The van der Waals surface area contributed by atoms with Gasteiger partial charge in [-0.25, -0.2) is 0 Å². The standard InChI is InChI=1S/C12H14ClNO2/c13-11-3-1-9(2-4-11)10-5-6-14(7-10)8-12(15)16/h1-4,10H,5-8H2,(H,15,16). The maximum atomic E-state index is 10.6. The van der Waals surface area contributed by atoms with E-state index in [4.69, 9.17) is 16.7 Å². The van der Waals surface area contributed by atoms with E-state index >= 15 is 0 Å². The molecule has 1 aromatic carbocycles. The monoisotopic (exact) mass is 239 g/mol. The van der Waals surface area contributed by atoms with Crippen molar-refractivity contribution in [1.82, 2.24) is 4.90 Å². The molecule has 0 aromatic heterocycles. The number of halogens is 1. The summed E-state index contributed by atoms with van der Waals surface area (Å²) in [6.45, 7) is 1.83. The average Bonchev–Trinajstić information content (AvgIpc) is 2.66. The van der Waals surface area contributed by atoms with Crippen LogP contribution >= 0.6 is 11.6 Å². The highest BCUT2D eigenvalue weighted by Gasteiger charge is 2.24. The molecule has 0 saturated carbocycles. The highest BCUT2D eigenvalue weighted by molar-refractivity contribution is 6.30. The van der Waals surface area contributed by atoms with Gasteiger partial charge < -0.3 is 5.11 Å². The molecule has 86 valence electrons. The molecule has 0 spiro atoms. The lowest BCUT2D eigenvalue weighted by Gasteiger charge is -2.13. The Morgan fingerprint density at radius 3 is 2.75 bits per heavy atom. The third-order valence-electron chi connectivity index (χ3n) is 2.97. The van der Waals surface area contributed by atoms with Crippen molar-refractivity contribution < 1.29 is 9.90 Å². The van der Waals surface area contributed by atoms with Crippen LogP contribution in [0.1, 0.15) is 17.9 Å². The number of rotatable bonds is 3. The number of benzene rings is 1. The second-order valence-corrected chi connectivity index (χ2v) is 4.60. The minimum Gasteiger partial charge on any atom is -0.480 e. The van der Waals surface area contributed by atoms with Gasteiger partial charge in [-0.05, 0) is 36.6 Å². The minimum atomic E-state index is -0.753. The second-order valence-electron chi connectivity index (χ2n) is 4.17. The van der Waals surface area contributed by atoms with E-state index < -0.39 is 5.97 Å². The number of hydrogen-bond donors (Lipinski definition) is 1. The Labute approximate surface area is 99.6 Å². The molecule has 1 atom stereocenters. The van der Waals surface area contributed by atoms with Crippen LogP contribution in [0.5, 0.6) is 0 Å². The molecule has 4 heteroatoms. The number of nitrogens with zero attached hydrogens (tertiary/aromatic N) is 1. The predicted octanol–water partition coefficient (Wildman–Crippen LogP) is 2.21. The Balaban J connectivity index is 1.98. The second kappa shape index (κ2) is 4.85. The third-order valence-corrected chi connectivity index (χ3v) is 3.22. The normalized spacial score (nSPS) is 21.2. The van der Waals surface area contributed by atoms with Crippen molar-refractivity contribution in [2.24, 2.45) is 0 Å². The summed E-state index contributed by atoms with van der Waals surface area (Å²) in [4.78, 5) is 12.6. The molecule has 0 bridgehead atoms. The van der Waals surface area contributed by atoms with E-state index in [9.17, 15) is 4.79 Å². The average molecular weight is 240 g/mol. The van der Waals surface area contributed by atoms with Crippen LogP contribution in [-0.2, 0) is 4.79 Å². The Bertz CT molecular complexity index is 377. The largest absolute Gasteiger partial charge is 0.480 e. The van der Waals surface area contributed by atoms with Crippen LogP contribution in [-0.4, -0.2) is 35.6 Å². The number of hydrogen-bond acceptors (Lipinski definition) is 2. The van der Waals surface area contributed by atoms with E-state index in [1.807, 2.05) is 29.2 Å². The molecule has 1 heterocycles. The van der Waals surface area contributed by atoms with Gasteiger partial charge in [0.15, 0.2) is 0 Å². The van der Waals surface area contributed by atoms with Crippen molar-refractivity contribution in [3.8, 4) is 0 Å². The van der Waals surface area contributed by atoms with Crippen LogP contribution in [0.25, 0.3) is 0 Å². The first-order chi connectivity index (χ1) is 7.65. The molecule has 0 radical (unpaired) electrons. The minimum absolute atomic E-state index is 0.143. The predicted molar refractivity (Wildman–Crippen MR) is 62.9 cm³/mol. The summed E-state index contributed by atoms with van der Waals surface area (Å²) in [6, 6.07) is 7.82. The van der Waals surface area contributed by atoms with Gasteiger partial charge in [-0.1, -0.05) is 23.7 Å². The Hall–Kier alpha value is -1.06. The maximum Gasteiger partial charge on any atom is 0.317 e. The van der Waals surface area contributed by atoms with Crippen molar-refractivity contribution in [2.75, 3.05) is 19.6 Å². The Morgan fingerprint density at radius 2 is 2.12 bits per heavy atom. The molecule has 1 saturated heterocycles. The molecule has 1 aliphatic rings. The smallest absolute Gasteiger partial charge is 0.317 e. The highest BCUT2D eigenvalue weighted by atomic mass is 35.5.